The second kappa shape index (κ2) is 7.13. The molecule has 1 fully saturated rings. The lowest BCUT2D eigenvalue weighted by atomic mass is 10.1. The first-order valence-electron chi connectivity index (χ1n) is 8.10. The van der Waals surface area contributed by atoms with E-state index in [0.717, 1.165) is 5.39 Å². The van der Waals surface area contributed by atoms with Crippen molar-refractivity contribution < 1.29 is 18.3 Å². The van der Waals surface area contributed by atoms with Crippen LogP contribution in [0.2, 0.25) is 0 Å². The number of thiocarbonyl (C=S) groups is 1. The molecule has 1 aliphatic rings. The van der Waals surface area contributed by atoms with E-state index in [1.807, 2.05) is 0 Å². The van der Waals surface area contributed by atoms with E-state index in [-0.39, 0.29) is 11.7 Å². The molecule has 0 bridgehead atoms. The maximum absolute atomic E-state index is 14.2. The summed E-state index contributed by atoms with van der Waals surface area (Å²) in [4.78, 5) is 16.5. The minimum atomic E-state index is -0.451. The van der Waals surface area contributed by atoms with Crippen molar-refractivity contribution in [1.82, 2.24) is 10.3 Å². The Hall–Kier alpha value is -2.71. The third-order valence-electron chi connectivity index (χ3n) is 3.90. The molecule has 1 amide bonds. The van der Waals surface area contributed by atoms with E-state index in [2.05, 4.69) is 10.3 Å². The Morgan fingerprint density at radius 2 is 2.22 bits per heavy atom. The molecule has 0 spiro atoms. The molecular formula is C19H13FN2O3S2. The minimum absolute atomic E-state index is 0.200. The highest BCUT2D eigenvalue weighted by molar-refractivity contribution is 8.26. The van der Waals surface area contributed by atoms with Crippen molar-refractivity contribution in [3.63, 3.8) is 0 Å². The number of aromatic nitrogens is 1. The predicted molar refractivity (Wildman–Crippen MR) is 107 cm³/mol. The highest BCUT2D eigenvalue weighted by atomic mass is 32.2. The number of halogens is 1. The number of ether oxygens (including phenoxy) is 1. The third-order valence-corrected chi connectivity index (χ3v) is 5.06. The van der Waals surface area contributed by atoms with Crippen LogP contribution in [0.15, 0.2) is 46.0 Å². The van der Waals surface area contributed by atoms with Crippen molar-refractivity contribution in [3.8, 4) is 16.9 Å². The molecule has 8 heteroatoms. The molecule has 0 radical (unpaired) electrons. The van der Waals surface area contributed by atoms with Crippen molar-refractivity contribution in [2.45, 2.75) is 6.92 Å². The maximum Gasteiger partial charge on any atom is 0.263 e. The number of furan rings is 1. The number of pyridine rings is 1. The van der Waals surface area contributed by atoms with Gasteiger partial charge in [0.05, 0.1) is 11.5 Å². The van der Waals surface area contributed by atoms with Gasteiger partial charge in [0, 0.05) is 29.4 Å². The van der Waals surface area contributed by atoms with Gasteiger partial charge in [0.15, 0.2) is 11.6 Å². The van der Waals surface area contributed by atoms with E-state index >= 15 is 0 Å². The molecule has 4 rings (SSSR count). The number of hydrogen-bond donors (Lipinski definition) is 1. The molecule has 5 nitrogen and oxygen atoms in total. The Kier molecular flexibility index (Phi) is 4.67. The SMILES string of the molecule is CCOc1ccc(-c2cncc3cc(/C=C4\SC(=S)NC4=O)oc23)cc1F. The fraction of sp³-hybridized carbons (Fsp3) is 0.105. The molecule has 1 aliphatic heterocycles. The molecule has 0 aliphatic carbocycles. The van der Waals surface area contributed by atoms with Crippen LogP contribution in [0.1, 0.15) is 12.7 Å². The summed E-state index contributed by atoms with van der Waals surface area (Å²) < 4.78 is 25.8. The average molecular weight is 400 g/mol. The van der Waals surface area contributed by atoms with E-state index in [1.165, 1.54) is 17.8 Å². The van der Waals surface area contributed by atoms with Gasteiger partial charge >= 0.3 is 0 Å². The summed E-state index contributed by atoms with van der Waals surface area (Å²) in [7, 11) is 0. The van der Waals surface area contributed by atoms with Crippen LogP contribution in [-0.4, -0.2) is 21.8 Å². The van der Waals surface area contributed by atoms with E-state index in [9.17, 15) is 9.18 Å². The molecule has 136 valence electrons. The molecule has 2 aromatic heterocycles. The van der Waals surface area contributed by atoms with Crippen LogP contribution < -0.4 is 10.1 Å². The number of nitrogens with zero attached hydrogens (tertiary/aromatic N) is 1. The zero-order valence-electron chi connectivity index (χ0n) is 14.1. The topological polar surface area (TPSA) is 64.4 Å². The highest BCUT2D eigenvalue weighted by Gasteiger charge is 2.23. The van der Waals surface area contributed by atoms with Gasteiger partial charge in [0.25, 0.3) is 5.91 Å². The molecule has 3 aromatic rings. The summed E-state index contributed by atoms with van der Waals surface area (Å²) in [5.74, 6) is -0.00956. The largest absolute Gasteiger partial charge is 0.491 e. The van der Waals surface area contributed by atoms with Gasteiger partial charge in [-0.1, -0.05) is 30.0 Å². The summed E-state index contributed by atoms with van der Waals surface area (Å²) in [5.41, 5.74) is 1.83. The standard InChI is InChI=1S/C19H13FN2O3S2/c1-2-24-15-4-3-10(6-14(15)20)13-9-21-8-11-5-12(25-17(11)13)7-16-18(23)22-19(26)27-16/h3-9H,2H2,1H3,(H,22,23,26)/b16-7-. The van der Waals surface area contributed by atoms with E-state index in [0.29, 0.717) is 38.3 Å². The van der Waals surface area contributed by atoms with Crippen LogP contribution in [0.25, 0.3) is 28.2 Å². The smallest absolute Gasteiger partial charge is 0.263 e. The lowest BCUT2D eigenvalue weighted by Gasteiger charge is -2.07. The van der Waals surface area contributed by atoms with Gasteiger partial charge in [0.1, 0.15) is 15.7 Å². The number of carbonyl (C=O) groups is 1. The summed E-state index contributed by atoms with van der Waals surface area (Å²) >= 11 is 6.16. The predicted octanol–water partition coefficient (Wildman–Crippen LogP) is 4.52. The number of fused-ring (bicyclic) bond motifs is 1. The first-order chi connectivity index (χ1) is 13.0. The molecule has 0 atom stereocenters. The van der Waals surface area contributed by atoms with Gasteiger partial charge in [-0.3, -0.25) is 9.78 Å². The number of rotatable bonds is 4. The van der Waals surface area contributed by atoms with Crippen LogP contribution in [0.3, 0.4) is 0 Å². The van der Waals surface area contributed by atoms with Gasteiger partial charge in [-0.25, -0.2) is 4.39 Å². The monoisotopic (exact) mass is 400 g/mol. The summed E-state index contributed by atoms with van der Waals surface area (Å²) in [6, 6.07) is 6.50. The van der Waals surface area contributed by atoms with Gasteiger partial charge in [-0.15, -0.1) is 0 Å². The molecule has 1 saturated heterocycles. The molecule has 27 heavy (non-hydrogen) atoms. The van der Waals surface area contributed by atoms with Crippen molar-refractivity contribution in [1.29, 1.82) is 0 Å². The Morgan fingerprint density at radius 1 is 1.37 bits per heavy atom. The molecule has 0 saturated carbocycles. The van der Waals surface area contributed by atoms with Gasteiger partial charge in [0.2, 0.25) is 0 Å². The van der Waals surface area contributed by atoms with Gasteiger partial charge < -0.3 is 14.5 Å². The van der Waals surface area contributed by atoms with Crippen LogP contribution >= 0.6 is 24.0 Å². The van der Waals surface area contributed by atoms with Crippen molar-refractivity contribution >= 4 is 51.3 Å². The lowest BCUT2D eigenvalue weighted by molar-refractivity contribution is -0.115. The highest BCUT2D eigenvalue weighted by Crippen LogP contribution is 2.34. The van der Waals surface area contributed by atoms with E-state index < -0.39 is 5.82 Å². The normalized spacial score (nSPS) is 15.6. The number of hydrogen-bond acceptors (Lipinski definition) is 6. The molecule has 1 N–H and O–H groups in total. The lowest BCUT2D eigenvalue weighted by Crippen LogP contribution is -2.17. The zero-order valence-corrected chi connectivity index (χ0v) is 15.7. The molecule has 1 aromatic carbocycles. The third kappa shape index (κ3) is 3.45. The molecule has 3 heterocycles. The fourth-order valence-electron chi connectivity index (χ4n) is 2.75. The van der Waals surface area contributed by atoms with Crippen LogP contribution in [0.5, 0.6) is 5.75 Å². The number of thioether (sulfide) groups is 1. The van der Waals surface area contributed by atoms with Crippen molar-refractivity contribution in [2.75, 3.05) is 6.61 Å². The van der Waals surface area contributed by atoms with Crippen LogP contribution in [0.4, 0.5) is 4.39 Å². The van der Waals surface area contributed by atoms with E-state index in [1.54, 1.807) is 43.6 Å². The second-order valence-corrected chi connectivity index (χ2v) is 7.40. The molecule has 0 unspecified atom stereocenters. The van der Waals surface area contributed by atoms with Crippen molar-refractivity contribution in [2.24, 2.45) is 0 Å². The Bertz CT molecular complexity index is 1110. The fourth-order valence-corrected chi connectivity index (χ4v) is 3.77. The Labute approximate surface area is 163 Å². The van der Waals surface area contributed by atoms with Crippen LogP contribution in [-0.2, 0) is 4.79 Å². The van der Waals surface area contributed by atoms with Crippen LogP contribution in [0, 0.1) is 5.82 Å². The summed E-state index contributed by atoms with van der Waals surface area (Å²) in [6.45, 7) is 2.19. The first-order valence-corrected chi connectivity index (χ1v) is 9.32. The van der Waals surface area contributed by atoms with Gasteiger partial charge in [-0.2, -0.15) is 0 Å². The maximum atomic E-state index is 14.2. The molecular weight excluding hydrogens is 387 g/mol. The average Bonchev–Trinajstić information content (AvgIpc) is 3.19. The zero-order chi connectivity index (χ0) is 19.0. The number of benzene rings is 1. The second-order valence-electron chi connectivity index (χ2n) is 5.68. The number of amides is 1. The van der Waals surface area contributed by atoms with E-state index in [4.69, 9.17) is 21.4 Å². The minimum Gasteiger partial charge on any atom is -0.491 e. The Balaban J connectivity index is 1.76. The summed E-state index contributed by atoms with van der Waals surface area (Å²) in [5, 5.41) is 3.31. The quantitative estimate of drug-likeness (QED) is 0.513. The first kappa shape index (κ1) is 17.7. The summed E-state index contributed by atoms with van der Waals surface area (Å²) in [6.07, 6.45) is 4.90. The number of nitrogens with one attached hydrogen (secondary N) is 1. The van der Waals surface area contributed by atoms with Gasteiger partial charge in [-0.05, 0) is 30.7 Å². The number of carbonyl (C=O) groups excluding carboxylic acids is 1. The van der Waals surface area contributed by atoms with Crippen molar-refractivity contribution in [3.05, 3.63) is 53.1 Å². The Morgan fingerprint density at radius 3 is 2.93 bits per heavy atom.